The molecule has 1 N–H and O–H groups in total. The highest BCUT2D eigenvalue weighted by atomic mass is 19.1. The standard InChI is InChI=1S/C29H36F2N2O4/c1-2-3-18-37-25-14-10-22(11-15-25)29(36)26(20-33-17-16-24(31)19-33)32-28(35)7-5-4-6-27(34)21-8-12-23(30)13-9-21/h8-15,24,26H,2-7,16-20H2,1H3,(H,32,35)/t24-,26-/m1/s1. The van der Waals surface area contributed by atoms with E-state index in [4.69, 9.17) is 4.74 Å². The summed E-state index contributed by atoms with van der Waals surface area (Å²) < 4.78 is 32.4. The number of alkyl halides is 1. The molecular weight excluding hydrogens is 478 g/mol. The smallest absolute Gasteiger partial charge is 0.220 e. The SMILES string of the molecule is CCCCOc1ccc(C(=O)[C@@H](CN2CC[C@@H](F)C2)NC(=O)CCCCC(=O)c2ccc(F)cc2)cc1. The molecule has 1 saturated heterocycles. The summed E-state index contributed by atoms with van der Waals surface area (Å²) in [7, 11) is 0. The van der Waals surface area contributed by atoms with E-state index in [0.29, 0.717) is 49.3 Å². The molecule has 1 aliphatic rings. The predicted octanol–water partition coefficient (Wildman–Crippen LogP) is 5.16. The maximum Gasteiger partial charge on any atom is 0.220 e. The zero-order valence-corrected chi connectivity index (χ0v) is 21.4. The minimum absolute atomic E-state index is 0.106. The summed E-state index contributed by atoms with van der Waals surface area (Å²) >= 11 is 0. The number of halogens is 2. The van der Waals surface area contributed by atoms with E-state index in [-0.39, 0.29) is 43.4 Å². The van der Waals surface area contributed by atoms with Crippen LogP contribution in [0.15, 0.2) is 48.5 Å². The highest BCUT2D eigenvalue weighted by Gasteiger charge is 2.29. The number of hydrogen-bond acceptors (Lipinski definition) is 5. The Balaban J connectivity index is 1.53. The second kappa shape index (κ2) is 14.6. The molecule has 200 valence electrons. The van der Waals surface area contributed by atoms with Gasteiger partial charge in [-0.2, -0.15) is 0 Å². The van der Waals surface area contributed by atoms with Gasteiger partial charge >= 0.3 is 0 Å². The van der Waals surface area contributed by atoms with Gasteiger partial charge in [0.25, 0.3) is 0 Å². The molecule has 1 fully saturated rings. The van der Waals surface area contributed by atoms with Crippen molar-refractivity contribution >= 4 is 17.5 Å². The Labute approximate surface area is 217 Å². The minimum atomic E-state index is -0.926. The maximum absolute atomic E-state index is 13.7. The third-order valence-electron chi connectivity index (χ3n) is 6.44. The van der Waals surface area contributed by atoms with E-state index in [2.05, 4.69) is 12.2 Å². The summed E-state index contributed by atoms with van der Waals surface area (Å²) in [5, 5.41) is 2.83. The molecule has 8 heteroatoms. The van der Waals surface area contributed by atoms with Crippen molar-refractivity contribution in [3.05, 3.63) is 65.5 Å². The molecule has 1 amide bonds. The summed E-state index contributed by atoms with van der Waals surface area (Å²) in [6.45, 7) is 3.71. The number of nitrogens with one attached hydrogen (secondary N) is 1. The van der Waals surface area contributed by atoms with Crippen molar-refractivity contribution in [1.82, 2.24) is 10.2 Å². The van der Waals surface area contributed by atoms with Gasteiger partial charge in [-0.05, 0) is 74.2 Å². The molecule has 0 bridgehead atoms. The Hall–Kier alpha value is -3.13. The summed E-state index contributed by atoms with van der Waals surface area (Å²) in [6, 6.07) is 11.5. The molecule has 2 atom stereocenters. The van der Waals surface area contributed by atoms with Crippen LogP contribution in [0.4, 0.5) is 8.78 Å². The second-order valence-electron chi connectivity index (χ2n) is 9.49. The molecule has 0 radical (unpaired) electrons. The monoisotopic (exact) mass is 514 g/mol. The number of carbonyl (C=O) groups excluding carboxylic acids is 3. The van der Waals surface area contributed by atoms with E-state index in [1.54, 1.807) is 24.3 Å². The van der Waals surface area contributed by atoms with Crippen molar-refractivity contribution in [2.45, 2.75) is 64.1 Å². The van der Waals surface area contributed by atoms with Crippen LogP contribution in [0.2, 0.25) is 0 Å². The number of ether oxygens (including phenoxy) is 1. The van der Waals surface area contributed by atoms with Crippen LogP contribution in [0.1, 0.15) is 72.6 Å². The van der Waals surface area contributed by atoms with Crippen LogP contribution in [-0.4, -0.2) is 60.8 Å². The highest BCUT2D eigenvalue weighted by molar-refractivity contribution is 6.02. The lowest BCUT2D eigenvalue weighted by Gasteiger charge is -2.24. The van der Waals surface area contributed by atoms with Crippen LogP contribution >= 0.6 is 0 Å². The molecule has 37 heavy (non-hydrogen) atoms. The van der Waals surface area contributed by atoms with E-state index in [0.717, 1.165) is 12.8 Å². The zero-order chi connectivity index (χ0) is 26.6. The number of likely N-dealkylation sites (tertiary alicyclic amines) is 1. The van der Waals surface area contributed by atoms with Gasteiger partial charge in [0.05, 0.1) is 6.61 Å². The van der Waals surface area contributed by atoms with Crippen molar-refractivity contribution in [2.24, 2.45) is 0 Å². The molecule has 0 saturated carbocycles. The number of carbonyl (C=O) groups is 3. The fourth-order valence-corrected chi connectivity index (χ4v) is 4.27. The van der Waals surface area contributed by atoms with Crippen molar-refractivity contribution in [2.75, 3.05) is 26.2 Å². The highest BCUT2D eigenvalue weighted by Crippen LogP contribution is 2.17. The Morgan fingerprint density at radius 1 is 1.00 bits per heavy atom. The van der Waals surface area contributed by atoms with E-state index in [9.17, 15) is 23.2 Å². The van der Waals surface area contributed by atoms with Crippen molar-refractivity contribution in [3.8, 4) is 5.75 Å². The molecule has 1 heterocycles. The molecule has 0 aromatic heterocycles. The first kappa shape index (κ1) is 28.4. The molecular formula is C29H36F2N2O4. The molecule has 6 nitrogen and oxygen atoms in total. The maximum atomic E-state index is 13.7. The first-order valence-corrected chi connectivity index (χ1v) is 13.1. The predicted molar refractivity (Wildman–Crippen MR) is 138 cm³/mol. The first-order valence-electron chi connectivity index (χ1n) is 13.1. The quantitative estimate of drug-likeness (QED) is 0.263. The van der Waals surface area contributed by atoms with Gasteiger partial charge in [0.2, 0.25) is 5.91 Å². The number of hydrogen-bond donors (Lipinski definition) is 1. The lowest BCUT2D eigenvalue weighted by molar-refractivity contribution is -0.121. The molecule has 2 aromatic carbocycles. The summed E-state index contributed by atoms with van der Waals surface area (Å²) in [6.07, 6.45) is 2.84. The summed E-state index contributed by atoms with van der Waals surface area (Å²) in [5.74, 6) is -0.346. The number of Topliss-reactive ketones (excluding diaryl/α,β-unsaturated/α-hetero) is 2. The van der Waals surface area contributed by atoms with Gasteiger partial charge in [0, 0.05) is 43.6 Å². The van der Waals surface area contributed by atoms with Gasteiger partial charge in [-0.1, -0.05) is 13.3 Å². The van der Waals surface area contributed by atoms with Gasteiger partial charge in [-0.3, -0.25) is 19.3 Å². The number of rotatable bonds is 15. The third kappa shape index (κ3) is 9.35. The van der Waals surface area contributed by atoms with Crippen LogP contribution in [-0.2, 0) is 4.79 Å². The van der Waals surface area contributed by atoms with Crippen LogP contribution < -0.4 is 10.1 Å². The van der Waals surface area contributed by atoms with Crippen molar-refractivity contribution in [3.63, 3.8) is 0 Å². The van der Waals surface area contributed by atoms with Crippen LogP contribution in [0.5, 0.6) is 5.75 Å². The van der Waals surface area contributed by atoms with Gasteiger partial charge in [0.1, 0.15) is 23.8 Å². The molecule has 0 spiro atoms. The average Bonchev–Trinajstić information content (AvgIpc) is 3.31. The molecule has 0 unspecified atom stereocenters. The fourth-order valence-electron chi connectivity index (χ4n) is 4.27. The van der Waals surface area contributed by atoms with Crippen LogP contribution in [0.3, 0.4) is 0 Å². The fraction of sp³-hybridized carbons (Fsp3) is 0.483. The topological polar surface area (TPSA) is 75.7 Å². The number of nitrogens with zero attached hydrogens (tertiary/aromatic N) is 1. The lowest BCUT2D eigenvalue weighted by Crippen LogP contribution is -2.48. The number of ketones is 2. The molecule has 0 aliphatic carbocycles. The number of amides is 1. The Morgan fingerprint density at radius 2 is 1.68 bits per heavy atom. The third-order valence-corrected chi connectivity index (χ3v) is 6.44. The molecule has 2 aromatic rings. The lowest BCUT2D eigenvalue weighted by atomic mass is 10.0. The zero-order valence-electron chi connectivity index (χ0n) is 21.4. The molecule has 1 aliphatic heterocycles. The largest absolute Gasteiger partial charge is 0.494 e. The van der Waals surface area contributed by atoms with Crippen molar-refractivity contribution in [1.29, 1.82) is 0 Å². The Morgan fingerprint density at radius 3 is 2.32 bits per heavy atom. The van der Waals surface area contributed by atoms with E-state index >= 15 is 0 Å². The Kier molecular flexibility index (Phi) is 11.2. The van der Waals surface area contributed by atoms with Crippen LogP contribution in [0.25, 0.3) is 0 Å². The average molecular weight is 515 g/mol. The van der Waals surface area contributed by atoms with Gasteiger partial charge in [-0.25, -0.2) is 8.78 Å². The van der Waals surface area contributed by atoms with Gasteiger partial charge in [0.15, 0.2) is 11.6 Å². The van der Waals surface area contributed by atoms with E-state index < -0.39 is 18.0 Å². The summed E-state index contributed by atoms with van der Waals surface area (Å²) in [4.78, 5) is 40.0. The first-order chi connectivity index (χ1) is 17.9. The summed E-state index contributed by atoms with van der Waals surface area (Å²) in [5.41, 5.74) is 0.893. The number of benzene rings is 2. The van der Waals surface area contributed by atoms with Crippen molar-refractivity contribution < 1.29 is 27.9 Å². The minimum Gasteiger partial charge on any atom is -0.494 e. The van der Waals surface area contributed by atoms with Gasteiger partial charge in [-0.15, -0.1) is 0 Å². The van der Waals surface area contributed by atoms with E-state index in [1.165, 1.54) is 24.3 Å². The normalized spacial score (nSPS) is 16.4. The number of unbranched alkanes of at least 4 members (excludes halogenated alkanes) is 2. The van der Waals surface area contributed by atoms with E-state index in [1.807, 2.05) is 4.90 Å². The second-order valence-corrected chi connectivity index (χ2v) is 9.49. The van der Waals surface area contributed by atoms with Gasteiger partial charge < -0.3 is 10.1 Å². The molecule has 3 rings (SSSR count). The van der Waals surface area contributed by atoms with Crippen LogP contribution in [0, 0.1) is 5.82 Å². The Bertz CT molecular complexity index is 1030.